The average Bonchev–Trinajstić information content (AvgIpc) is 2.94. The predicted molar refractivity (Wildman–Crippen MR) is 102 cm³/mol. The van der Waals surface area contributed by atoms with Gasteiger partial charge in [-0.25, -0.2) is 8.42 Å². The number of aryl methyl sites for hydroxylation is 2. The van der Waals surface area contributed by atoms with Crippen LogP contribution >= 0.6 is 12.4 Å². The summed E-state index contributed by atoms with van der Waals surface area (Å²) in [4.78, 5) is 14.2. The van der Waals surface area contributed by atoms with E-state index in [4.69, 9.17) is 15.0 Å². The fraction of sp³-hybridized carbons (Fsp3) is 0.750. The summed E-state index contributed by atoms with van der Waals surface area (Å²) < 4.78 is 38.1. The number of sulfonamides is 1. The third-order valence-electron chi connectivity index (χ3n) is 4.39. The van der Waals surface area contributed by atoms with E-state index in [9.17, 15) is 13.2 Å². The number of aromatic nitrogens is 1. The van der Waals surface area contributed by atoms with Crippen molar-refractivity contribution in [1.82, 2.24) is 14.8 Å². The van der Waals surface area contributed by atoms with E-state index in [0.29, 0.717) is 26.2 Å². The zero-order chi connectivity index (χ0) is 19.3. The first kappa shape index (κ1) is 23.8. The Morgan fingerprint density at radius 3 is 2.56 bits per heavy atom. The summed E-state index contributed by atoms with van der Waals surface area (Å²) >= 11 is 0. The van der Waals surface area contributed by atoms with Crippen LogP contribution in [-0.2, 0) is 19.6 Å². The minimum Gasteiger partial charge on any atom is -0.378 e. The van der Waals surface area contributed by atoms with E-state index in [-0.39, 0.29) is 40.8 Å². The summed E-state index contributed by atoms with van der Waals surface area (Å²) in [7, 11) is -3.88. The largest absolute Gasteiger partial charge is 0.378 e. The zero-order valence-corrected chi connectivity index (χ0v) is 17.6. The minimum atomic E-state index is -3.88. The number of nitrogens with two attached hydrogens (primary N) is 1. The molecule has 3 N–H and O–H groups in total. The molecule has 0 aliphatic carbocycles. The molecule has 1 unspecified atom stereocenters. The number of hydrogen-bond donors (Lipinski definition) is 2. The van der Waals surface area contributed by atoms with Crippen molar-refractivity contribution >= 4 is 28.3 Å². The average molecular weight is 425 g/mol. The van der Waals surface area contributed by atoms with Crippen molar-refractivity contribution < 1.29 is 22.5 Å². The van der Waals surface area contributed by atoms with Crippen LogP contribution in [0.4, 0.5) is 0 Å². The lowest BCUT2D eigenvalue weighted by atomic mass is 10.1. The number of hydrogen-bond acceptors (Lipinski definition) is 7. The second-order valence-corrected chi connectivity index (χ2v) is 8.18. The lowest BCUT2D eigenvalue weighted by Crippen LogP contribution is -2.50. The fourth-order valence-corrected chi connectivity index (χ4v) is 4.58. The van der Waals surface area contributed by atoms with Gasteiger partial charge < -0.3 is 19.9 Å². The summed E-state index contributed by atoms with van der Waals surface area (Å²) in [6.07, 6.45) is 2.42. The maximum Gasteiger partial charge on any atom is 0.246 e. The smallest absolute Gasteiger partial charge is 0.246 e. The van der Waals surface area contributed by atoms with Gasteiger partial charge in [0, 0.05) is 19.7 Å². The molecule has 0 spiro atoms. The van der Waals surface area contributed by atoms with Crippen molar-refractivity contribution in [2.24, 2.45) is 5.73 Å². The first-order chi connectivity index (χ1) is 12.3. The van der Waals surface area contributed by atoms with E-state index in [0.717, 1.165) is 19.3 Å². The van der Waals surface area contributed by atoms with Gasteiger partial charge in [0.05, 0.1) is 12.1 Å². The molecule has 11 heteroatoms. The first-order valence-corrected chi connectivity index (χ1v) is 10.3. The Hall–Kier alpha value is -1.20. The van der Waals surface area contributed by atoms with Crippen LogP contribution in [0.1, 0.15) is 37.6 Å². The van der Waals surface area contributed by atoms with Gasteiger partial charge in [0.15, 0.2) is 5.76 Å². The molecular formula is C16H29ClN4O5S. The molecule has 1 aromatic heterocycles. The molecule has 156 valence electrons. The third kappa shape index (κ3) is 6.15. The maximum atomic E-state index is 12.6. The topological polar surface area (TPSA) is 128 Å². The van der Waals surface area contributed by atoms with Crippen LogP contribution in [0.15, 0.2) is 9.42 Å². The lowest BCUT2D eigenvalue weighted by Gasteiger charge is -2.33. The molecule has 1 aliphatic heterocycles. The Bertz CT molecular complexity index is 697. The highest BCUT2D eigenvalue weighted by atomic mass is 35.5. The second-order valence-electron chi connectivity index (χ2n) is 6.53. The molecule has 9 nitrogen and oxygen atoms in total. The Morgan fingerprint density at radius 1 is 1.41 bits per heavy atom. The van der Waals surface area contributed by atoms with E-state index >= 15 is 0 Å². The Kier molecular flexibility index (Phi) is 9.16. The van der Waals surface area contributed by atoms with Crippen LogP contribution in [0.3, 0.4) is 0 Å². The molecule has 1 atom stereocenters. The number of halogens is 1. The molecule has 0 aromatic carbocycles. The van der Waals surface area contributed by atoms with Crippen LogP contribution < -0.4 is 10.5 Å². The van der Waals surface area contributed by atoms with Gasteiger partial charge in [-0.1, -0.05) is 5.16 Å². The number of carbonyl (C=O) groups is 1. The van der Waals surface area contributed by atoms with Crippen LogP contribution in [0.25, 0.3) is 0 Å². The normalized spacial score (nSPS) is 16.8. The lowest BCUT2D eigenvalue weighted by molar-refractivity contribution is -0.135. The number of ether oxygens (including phenoxy) is 1. The van der Waals surface area contributed by atoms with E-state index in [1.807, 2.05) is 0 Å². The van der Waals surface area contributed by atoms with E-state index in [1.54, 1.807) is 18.7 Å². The molecule has 1 aromatic rings. The SMILES string of the molecule is Cc1noc(C)c1S(=O)(=O)NC(C)C(=O)N1CCC(OCCCN)CC1.Cl. The van der Waals surface area contributed by atoms with E-state index in [1.165, 1.54) is 6.92 Å². The molecule has 2 heterocycles. The first-order valence-electron chi connectivity index (χ1n) is 8.82. The number of nitrogens with zero attached hydrogens (tertiary/aromatic N) is 2. The molecule has 1 aliphatic rings. The number of piperidine rings is 1. The van der Waals surface area contributed by atoms with Gasteiger partial charge in [0.2, 0.25) is 15.9 Å². The summed E-state index contributed by atoms with van der Waals surface area (Å²) in [5, 5.41) is 3.65. The highest BCUT2D eigenvalue weighted by Crippen LogP contribution is 2.20. The molecule has 0 radical (unpaired) electrons. The quantitative estimate of drug-likeness (QED) is 0.589. The van der Waals surface area contributed by atoms with Gasteiger partial charge in [-0.2, -0.15) is 4.72 Å². The predicted octanol–water partition coefficient (Wildman–Crippen LogP) is 0.736. The molecule has 1 amide bonds. The Morgan fingerprint density at radius 2 is 2.04 bits per heavy atom. The van der Waals surface area contributed by atoms with Gasteiger partial charge in [0.25, 0.3) is 0 Å². The van der Waals surface area contributed by atoms with Crippen molar-refractivity contribution in [2.75, 3.05) is 26.2 Å². The van der Waals surface area contributed by atoms with Crippen LogP contribution in [0.2, 0.25) is 0 Å². The summed E-state index contributed by atoms with van der Waals surface area (Å²) in [5.74, 6) is -0.0502. The van der Waals surface area contributed by atoms with Crippen molar-refractivity contribution in [2.45, 2.75) is 57.1 Å². The van der Waals surface area contributed by atoms with Gasteiger partial charge in [-0.3, -0.25) is 4.79 Å². The fourth-order valence-electron chi connectivity index (χ4n) is 3.05. The maximum absolute atomic E-state index is 12.6. The number of likely N-dealkylation sites (tertiary alicyclic amines) is 1. The van der Waals surface area contributed by atoms with Gasteiger partial charge in [-0.15, -0.1) is 12.4 Å². The zero-order valence-electron chi connectivity index (χ0n) is 15.9. The molecular weight excluding hydrogens is 396 g/mol. The highest BCUT2D eigenvalue weighted by Gasteiger charge is 2.31. The van der Waals surface area contributed by atoms with Crippen molar-refractivity contribution in [3.63, 3.8) is 0 Å². The van der Waals surface area contributed by atoms with Crippen LogP contribution in [-0.4, -0.2) is 62.8 Å². The van der Waals surface area contributed by atoms with Gasteiger partial charge >= 0.3 is 0 Å². The number of nitrogens with one attached hydrogen (secondary N) is 1. The molecule has 1 saturated heterocycles. The monoisotopic (exact) mass is 424 g/mol. The summed E-state index contributed by atoms with van der Waals surface area (Å²) in [5.41, 5.74) is 5.71. The van der Waals surface area contributed by atoms with Crippen molar-refractivity contribution in [3.05, 3.63) is 11.5 Å². The number of carbonyl (C=O) groups excluding carboxylic acids is 1. The number of rotatable bonds is 8. The Labute approximate surface area is 166 Å². The highest BCUT2D eigenvalue weighted by molar-refractivity contribution is 7.89. The van der Waals surface area contributed by atoms with Crippen LogP contribution in [0, 0.1) is 13.8 Å². The third-order valence-corrected chi connectivity index (χ3v) is 6.18. The molecule has 27 heavy (non-hydrogen) atoms. The minimum absolute atomic E-state index is 0. The van der Waals surface area contributed by atoms with Gasteiger partial charge in [-0.05, 0) is 46.6 Å². The molecule has 2 rings (SSSR count). The second kappa shape index (κ2) is 10.4. The number of amides is 1. The van der Waals surface area contributed by atoms with Gasteiger partial charge in [0.1, 0.15) is 10.6 Å². The standard InChI is InChI=1S/C16H28N4O5S.ClH/c1-11-15(13(3)25-18-11)26(22,23)19-12(2)16(21)20-8-5-14(6-9-20)24-10-4-7-17;/h12,14,19H,4-10,17H2,1-3H3;1H. The van der Waals surface area contributed by atoms with E-state index < -0.39 is 16.1 Å². The van der Waals surface area contributed by atoms with Crippen molar-refractivity contribution in [3.8, 4) is 0 Å². The molecule has 0 bridgehead atoms. The molecule has 0 saturated carbocycles. The summed E-state index contributed by atoms with van der Waals surface area (Å²) in [6, 6.07) is -0.872. The van der Waals surface area contributed by atoms with E-state index in [2.05, 4.69) is 9.88 Å². The van der Waals surface area contributed by atoms with Crippen LogP contribution in [0.5, 0.6) is 0 Å². The Balaban J connectivity index is 0.00000364. The summed E-state index contributed by atoms with van der Waals surface area (Å²) in [6.45, 7) is 6.93. The van der Waals surface area contributed by atoms with Crippen molar-refractivity contribution in [1.29, 1.82) is 0 Å². The molecule has 1 fully saturated rings.